The predicted octanol–water partition coefficient (Wildman–Crippen LogP) is 23.7. The molecule has 0 saturated carbocycles. The Labute approximate surface area is 582 Å². The van der Waals surface area contributed by atoms with Crippen LogP contribution in [0.15, 0.2) is 243 Å². The summed E-state index contributed by atoms with van der Waals surface area (Å²) in [6.45, 7) is 25.5. The van der Waals surface area contributed by atoms with Crippen LogP contribution < -0.4 is 0 Å². The van der Waals surface area contributed by atoms with Gasteiger partial charge in [0.1, 0.15) is 5.82 Å². The van der Waals surface area contributed by atoms with Gasteiger partial charge < -0.3 is 18.3 Å². The van der Waals surface area contributed by atoms with Crippen LogP contribution in [-0.4, -0.2) is 38.2 Å². The zero-order valence-corrected chi connectivity index (χ0v) is 58.7. The molecule has 6 aromatic heterocycles. The molecule has 0 amide bonds. The Hall–Kier alpha value is -12.0. The van der Waals surface area contributed by atoms with E-state index >= 15 is 0 Å². The molecule has 0 atom stereocenters. The first-order valence-corrected chi connectivity index (χ1v) is 34.7. The summed E-state index contributed by atoms with van der Waals surface area (Å²) in [6, 6.07) is 89.9. The van der Waals surface area contributed by atoms with Gasteiger partial charge in [-0.15, -0.1) is 0 Å². The summed E-state index contributed by atoms with van der Waals surface area (Å²) >= 11 is 0. The van der Waals surface area contributed by atoms with Crippen LogP contribution in [0.5, 0.6) is 0 Å². The van der Waals surface area contributed by atoms with E-state index in [1.54, 1.807) is 0 Å². The van der Waals surface area contributed by atoms with E-state index in [0.717, 1.165) is 85.0 Å². The Morgan fingerprint density at radius 1 is 0.210 bits per heavy atom. The number of benzene rings is 12. The highest BCUT2D eigenvalue weighted by molar-refractivity contribution is 6.14. The van der Waals surface area contributed by atoms with Gasteiger partial charge in [-0.05, 0) is 217 Å². The highest BCUT2D eigenvalue weighted by atomic mass is 15.0. The molecule has 0 aliphatic rings. The first-order valence-electron chi connectivity index (χ1n) is 34.7. The average Bonchev–Trinajstić information content (AvgIpc) is 1.56. The molecule has 0 unspecified atom stereocenters. The molecule has 18 rings (SSSR count). The van der Waals surface area contributed by atoms with Crippen molar-refractivity contribution in [1.82, 2.24) is 38.2 Å². The Kier molecular flexibility index (Phi) is 14.7. The molecule has 8 heteroatoms. The fraction of sp³-hybridized carbons (Fsp3) is 0.130. The first kappa shape index (κ1) is 61.6. The summed E-state index contributed by atoms with van der Waals surface area (Å²) in [6.07, 6.45) is 0. The molecule has 484 valence electrons. The van der Waals surface area contributed by atoms with Crippen molar-refractivity contribution in [3.05, 3.63) is 310 Å². The number of aromatic nitrogens is 8. The van der Waals surface area contributed by atoms with Crippen molar-refractivity contribution in [2.45, 2.75) is 83.1 Å². The van der Waals surface area contributed by atoms with E-state index < -0.39 is 0 Å². The van der Waals surface area contributed by atoms with E-state index in [1.165, 1.54) is 137 Å². The Balaban J connectivity index is 0.000000150. The second-order valence-corrected chi connectivity index (χ2v) is 27.9. The third kappa shape index (κ3) is 10.4. The SMILES string of the molecule is Cc1ccc2c(c1)c1cc(C)ccc1n2-c1ccccc1-c1ccc(-c2cc(C)nc(C)n2)cc1-n1c2ccc(C)cc2c2cc(C)ccc21.Cc1ccc2c(c1)c1cc(C)ccc1n2-c1ccccc1-c1ccc(-c2nc(C)cc(C)n2)cc1-n1c2ccc(C)cc2c2cc(C)ccc21. The monoisotopic (exact) mass is 1290 g/mol. The molecule has 100 heavy (non-hydrogen) atoms. The number of fused-ring (bicyclic) bond motifs is 12. The van der Waals surface area contributed by atoms with Crippen LogP contribution in [0, 0.1) is 83.1 Å². The zero-order chi connectivity index (χ0) is 68.5. The van der Waals surface area contributed by atoms with Crippen LogP contribution in [0.2, 0.25) is 0 Å². The van der Waals surface area contributed by atoms with Gasteiger partial charge in [-0.25, -0.2) is 19.9 Å². The summed E-state index contributed by atoms with van der Waals surface area (Å²) in [7, 11) is 0. The molecule has 12 aromatic carbocycles. The van der Waals surface area contributed by atoms with Gasteiger partial charge in [0.15, 0.2) is 5.82 Å². The second-order valence-electron chi connectivity index (χ2n) is 27.9. The van der Waals surface area contributed by atoms with Crippen LogP contribution in [0.25, 0.3) is 155 Å². The lowest BCUT2D eigenvalue weighted by molar-refractivity contribution is 1.02. The number of rotatable bonds is 8. The molecule has 0 aliphatic carbocycles. The van der Waals surface area contributed by atoms with E-state index in [1.807, 2.05) is 33.8 Å². The van der Waals surface area contributed by atoms with Crippen molar-refractivity contribution in [1.29, 1.82) is 0 Å². The highest BCUT2D eigenvalue weighted by Crippen LogP contribution is 2.46. The first-order chi connectivity index (χ1) is 48.5. The molecule has 0 radical (unpaired) electrons. The van der Waals surface area contributed by atoms with Crippen LogP contribution in [0.4, 0.5) is 0 Å². The molecule has 0 spiro atoms. The largest absolute Gasteiger partial charge is 0.309 e. The maximum atomic E-state index is 4.89. The fourth-order valence-electron chi connectivity index (χ4n) is 15.7. The van der Waals surface area contributed by atoms with Crippen molar-refractivity contribution < 1.29 is 0 Å². The number of aryl methyl sites for hydroxylation is 12. The van der Waals surface area contributed by atoms with Gasteiger partial charge in [0.2, 0.25) is 0 Å². The second kappa shape index (κ2) is 23.9. The van der Waals surface area contributed by atoms with Gasteiger partial charge in [-0.2, -0.15) is 0 Å². The predicted molar refractivity (Wildman–Crippen MR) is 420 cm³/mol. The fourth-order valence-corrected chi connectivity index (χ4v) is 15.7. The molecule has 18 aromatic rings. The number of hydrogen-bond donors (Lipinski definition) is 0. The molecule has 6 heterocycles. The van der Waals surface area contributed by atoms with Crippen molar-refractivity contribution in [3.63, 3.8) is 0 Å². The summed E-state index contributed by atoms with van der Waals surface area (Å²) in [5.41, 5.74) is 34.6. The summed E-state index contributed by atoms with van der Waals surface area (Å²) in [4.78, 5) is 19.3. The van der Waals surface area contributed by atoms with Crippen molar-refractivity contribution in [2.75, 3.05) is 0 Å². The van der Waals surface area contributed by atoms with Gasteiger partial charge in [-0.1, -0.05) is 154 Å². The molecular weight excluding hydrogens is 1220 g/mol. The van der Waals surface area contributed by atoms with Gasteiger partial charge in [-0.3, -0.25) is 0 Å². The normalized spacial score (nSPS) is 11.8. The lowest BCUT2D eigenvalue weighted by Gasteiger charge is -2.20. The number of nitrogens with zero attached hydrogens (tertiary/aromatic N) is 8. The van der Waals surface area contributed by atoms with Crippen LogP contribution >= 0.6 is 0 Å². The minimum atomic E-state index is 0.740. The molecule has 0 aliphatic heterocycles. The van der Waals surface area contributed by atoms with E-state index in [4.69, 9.17) is 15.0 Å². The summed E-state index contributed by atoms with van der Waals surface area (Å²) in [5.74, 6) is 1.51. The lowest BCUT2D eigenvalue weighted by Crippen LogP contribution is -2.03. The maximum absolute atomic E-state index is 4.89. The lowest BCUT2D eigenvalue weighted by atomic mass is 9.97. The van der Waals surface area contributed by atoms with E-state index in [2.05, 4.69) is 315 Å². The Morgan fingerprint density at radius 2 is 0.480 bits per heavy atom. The van der Waals surface area contributed by atoms with Crippen molar-refractivity contribution in [3.8, 4) is 67.6 Å². The summed E-state index contributed by atoms with van der Waals surface area (Å²) in [5, 5.41) is 10.1. The smallest absolute Gasteiger partial charge is 0.159 e. The average molecular weight is 1290 g/mol. The third-order valence-electron chi connectivity index (χ3n) is 20.2. The van der Waals surface area contributed by atoms with E-state index in [0.29, 0.717) is 0 Å². The molecule has 0 N–H and O–H groups in total. The van der Waals surface area contributed by atoms with Crippen molar-refractivity contribution in [2.24, 2.45) is 0 Å². The minimum Gasteiger partial charge on any atom is -0.309 e. The quantitative estimate of drug-likeness (QED) is 0.152. The van der Waals surface area contributed by atoms with Gasteiger partial charge in [0.25, 0.3) is 0 Å². The Bertz CT molecular complexity index is 5770. The van der Waals surface area contributed by atoms with Crippen LogP contribution in [0.1, 0.15) is 67.4 Å². The van der Waals surface area contributed by atoms with Gasteiger partial charge in [0.05, 0.1) is 72.6 Å². The molecule has 8 nitrogen and oxygen atoms in total. The topological polar surface area (TPSA) is 71.3 Å². The standard InChI is InChI=1S/2C46H38N4/c1-27-11-17-42-36(21-27)37-22-28(2)12-18-43(37)49(42)41-10-8-7-9-34(41)35-16-15-33(40-25-31(5)47-32(6)48-40)26-46(35)50-44-19-13-29(3)23-38(44)39-24-30(4)14-20-45(39)50;1-27-11-17-41-36(21-27)37-22-28(2)12-18-42(37)49(41)40-10-8-7-9-34(40)35-16-15-33(46-47-31(5)25-32(6)48-46)26-45(35)50-43-19-13-29(3)23-38(43)39-24-30(4)14-20-44(39)50/h2*7-26H,1-6H3. The van der Waals surface area contributed by atoms with E-state index in [9.17, 15) is 0 Å². The number of hydrogen-bond acceptors (Lipinski definition) is 4. The molecule has 0 fully saturated rings. The highest BCUT2D eigenvalue weighted by Gasteiger charge is 2.25. The van der Waals surface area contributed by atoms with Gasteiger partial charge in [0, 0.05) is 93.6 Å². The zero-order valence-electron chi connectivity index (χ0n) is 58.7. The maximum Gasteiger partial charge on any atom is 0.159 e. The number of para-hydroxylation sites is 2. The summed E-state index contributed by atoms with van der Waals surface area (Å²) < 4.78 is 9.80. The van der Waals surface area contributed by atoms with Gasteiger partial charge >= 0.3 is 0 Å². The Morgan fingerprint density at radius 3 is 0.800 bits per heavy atom. The minimum absolute atomic E-state index is 0.740. The van der Waals surface area contributed by atoms with Crippen LogP contribution in [-0.2, 0) is 0 Å². The van der Waals surface area contributed by atoms with Crippen LogP contribution in [0.3, 0.4) is 0 Å². The van der Waals surface area contributed by atoms with Crippen molar-refractivity contribution >= 4 is 87.2 Å². The molecular formula is C92H76N8. The van der Waals surface area contributed by atoms with E-state index in [-0.39, 0.29) is 0 Å². The third-order valence-corrected chi connectivity index (χ3v) is 20.2. The molecule has 0 saturated heterocycles. The molecule has 0 bridgehead atoms.